The second-order valence-electron chi connectivity index (χ2n) is 2.44. The Balaban J connectivity index is 2.30. The Morgan fingerprint density at radius 2 is 2.44 bits per heavy atom. The molecule has 0 aliphatic carbocycles. The summed E-state index contributed by atoms with van der Waals surface area (Å²) in [5.74, 6) is 0. The van der Waals surface area contributed by atoms with Crippen LogP contribution in [0.25, 0.3) is 0 Å². The zero-order chi connectivity index (χ0) is 6.69. The molecule has 1 saturated heterocycles. The van der Waals surface area contributed by atoms with Gasteiger partial charge in [0.15, 0.2) is 0 Å². The lowest BCUT2D eigenvalue weighted by Crippen LogP contribution is -2.50. The van der Waals surface area contributed by atoms with Crippen LogP contribution in [-0.2, 0) is 0 Å². The smallest absolute Gasteiger partial charge is 0.120 e. The molecule has 0 amide bonds. The predicted molar refractivity (Wildman–Crippen MR) is 36.1 cm³/mol. The van der Waals surface area contributed by atoms with Crippen LogP contribution in [0.2, 0.25) is 0 Å². The number of hydrogen-bond donors (Lipinski definition) is 3. The van der Waals surface area contributed by atoms with Gasteiger partial charge in [0.25, 0.3) is 0 Å². The van der Waals surface area contributed by atoms with Crippen molar-refractivity contribution >= 4 is 0 Å². The molecule has 54 valence electrons. The first-order chi connectivity index (χ1) is 4.34. The Morgan fingerprint density at radius 3 is 2.89 bits per heavy atom. The van der Waals surface area contributed by atoms with Crippen LogP contribution in [0.1, 0.15) is 12.8 Å². The lowest BCUT2D eigenvalue weighted by Gasteiger charge is -2.27. The average molecular weight is 130 g/mol. The molecule has 1 fully saturated rings. The van der Waals surface area contributed by atoms with Crippen molar-refractivity contribution < 1.29 is 5.11 Å². The van der Waals surface area contributed by atoms with Gasteiger partial charge in [0.2, 0.25) is 0 Å². The van der Waals surface area contributed by atoms with Crippen molar-refractivity contribution in [3.63, 3.8) is 0 Å². The van der Waals surface area contributed by atoms with Gasteiger partial charge >= 0.3 is 0 Å². The highest BCUT2D eigenvalue weighted by atomic mass is 16.3. The number of likely N-dealkylation sites (N-methyl/N-ethyl adjacent to an activating group) is 1. The molecule has 9 heavy (non-hydrogen) atoms. The summed E-state index contributed by atoms with van der Waals surface area (Å²) >= 11 is 0. The van der Waals surface area contributed by atoms with Crippen LogP contribution in [0.4, 0.5) is 0 Å². The minimum Gasteiger partial charge on any atom is -0.377 e. The normalized spacial score (nSPS) is 36.7. The Kier molecular flexibility index (Phi) is 2.45. The molecule has 3 N–H and O–H groups in total. The van der Waals surface area contributed by atoms with E-state index in [4.69, 9.17) is 0 Å². The summed E-state index contributed by atoms with van der Waals surface area (Å²) in [5.41, 5.74) is 0. The third kappa shape index (κ3) is 1.64. The lowest BCUT2D eigenvalue weighted by molar-refractivity contribution is 0.0742. The highest BCUT2D eigenvalue weighted by Gasteiger charge is 2.19. The van der Waals surface area contributed by atoms with Gasteiger partial charge in [-0.2, -0.15) is 0 Å². The Hall–Kier alpha value is -0.120. The Bertz CT molecular complexity index is 87.1. The van der Waals surface area contributed by atoms with Crippen molar-refractivity contribution in [3.8, 4) is 0 Å². The molecule has 0 spiro atoms. The Labute approximate surface area is 55.5 Å². The third-order valence-corrected chi connectivity index (χ3v) is 1.80. The maximum absolute atomic E-state index is 9.20. The number of nitrogens with one attached hydrogen (secondary N) is 2. The van der Waals surface area contributed by atoms with Crippen LogP contribution in [0, 0.1) is 0 Å². The first-order valence-electron chi connectivity index (χ1n) is 3.43. The standard InChI is InChI=1S/C6H14N2O/c1-7-5-3-2-4-8-6(5)9/h5-9H,2-4H2,1H3. The topological polar surface area (TPSA) is 44.3 Å². The van der Waals surface area contributed by atoms with Gasteiger partial charge in [0.1, 0.15) is 6.23 Å². The number of aliphatic hydroxyl groups is 1. The van der Waals surface area contributed by atoms with E-state index in [1.54, 1.807) is 0 Å². The SMILES string of the molecule is CNC1CCCNC1O. The van der Waals surface area contributed by atoms with E-state index >= 15 is 0 Å². The van der Waals surface area contributed by atoms with Gasteiger partial charge in [-0.1, -0.05) is 0 Å². The summed E-state index contributed by atoms with van der Waals surface area (Å²) in [7, 11) is 1.88. The van der Waals surface area contributed by atoms with Crippen LogP contribution >= 0.6 is 0 Å². The molecule has 2 unspecified atom stereocenters. The third-order valence-electron chi connectivity index (χ3n) is 1.80. The summed E-state index contributed by atoms with van der Waals surface area (Å²) in [6.07, 6.45) is 1.89. The van der Waals surface area contributed by atoms with Gasteiger partial charge in [-0.15, -0.1) is 0 Å². The molecule has 3 nitrogen and oxygen atoms in total. The van der Waals surface area contributed by atoms with Crippen LogP contribution in [0.15, 0.2) is 0 Å². The van der Waals surface area contributed by atoms with E-state index in [1.807, 2.05) is 7.05 Å². The molecular weight excluding hydrogens is 116 g/mol. The molecule has 1 rings (SSSR count). The minimum atomic E-state index is -0.344. The van der Waals surface area contributed by atoms with E-state index in [9.17, 15) is 5.11 Å². The van der Waals surface area contributed by atoms with Crippen molar-refractivity contribution in [1.29, 1.82) is 0 Å². The fourth-order valence-corrected chi connectivity index (χ4v) is 1.17. The zero-order valence-electron chi connectivity index (χ0n) is 5.72. The largest absolute Gasteiger partial charge is 0.377 e. The van der Waals surface area contributed by atoms with E-state index in [-0.39, 0.29) is 12.3 Å². The second kappa shape index (κ2) is 3.15. The number of aliphatic hydroxyl groups excluding tert-OH is 1. The molecule has 0 bridgehead atoms. The van der Waals surface area contributed by atoms with E-state index in [2.05, 4.69) is 10.6 Å². The molecule has 1 aliphatic heterocycles. The summed E-state index contributed by atoms with van der Waals surface area (Å²) in [6, 6.07) is 0.249. The summed E-state index contributed by atoms with van der Waals surface area (Å²) in [6.45, 7) is 0.944. The van der Waals surface area contributed by atoms with Crippen molar-refractivity contribution in [3.05, 3.63) is 0 Å². The van der Waals surface area contributed by atoms with Gasteiger partial charge in [-0.25, -0.2) is 0 Å². The molecule has 3 heteroatoms. The van der Waals surface area contributed by atoms with Crippen LogP contribution < -0.4 is 10.6 Å². The van der Waals surface area contributed by atoms with Crippen molar-refractivity contribution in [2.24, 2.45) is 0 Å². The van der Waals surface area contributed by atoms with Crippen molar-refractivity contribution in [2.45, 2.75) is 25.1 Å². The molecule has 2 atom stereocenters. The highest BCUT2D eigenvalue weighted by Crippen LogP contribution is 2.04. The molecule has 0 radical (unpaired) electrons. The molecule has 0 aromatic rings. The van der Waals surface area contributed by atoms with E-state index in [0.717, 1.165) is 19.4 Å². The van der Waals surface area contributed by atoms with Crippen molar-refractivity contribution in [1.82, 2.24) is 10.6 Å². The maximum Gasteiger partial charge on any atom is 0.120 e. The van der Waals surface area contributed by atoms with Gasteiger partial charge < -0.3 is 10.4 Å². The second-order valence-corrected chi connectivity index (χ2v) is 2.44. The fraction of sp³-hybridized carbons (Fsp3) is 1.00. The van der Waals surface area contributed by atoms with Crippen LogP contribution in [0.5, 0.6) is 0 Å². The summed E-state index contributed by atoms with van der Waals surface area (Å²) in [5, 5.41) is 15.2. The Morgan fingerprint density at radius 1 is 1.67 bits per heavy atom. The highest BCUT2D eigenvalue weighted by molar-refractivity contribution is 4.77. The van der Waals surface area contributed by atoms with Gasteiger partial charge in [0.05, 0.1) is 0 Å². The van der Waals surface area contributed by atoms with Crippen LogP contribution in [0.3, 0.4) is 0 Å². The van der Waals surface area contributed by atoms with Gasteiger partial charge in [0, 0.05) is 6.04 Å². The maximum atomic E-state index is 9.20. The lowest BCUT2D eigenvalue weighted by atomic mass is 10.1. The van der Waals surface area contributed by atoms with Gasteiger partial charge in [-0.3, -0.25) is 5.32 Å². The number of piperidine rings is 1. The zero-order valence-corrected chi connectivity index (χ0v) is 5.72. The quantitative estimate of drug-likeness (QED) is 0.439. The van der Waals surface area contributed by atoms with Crippen molar-refractivity contribution in [2.75, 3.05) is 13.6 Å². The molecular formula is C6H14N2O. The molecule has 0 aromatic heterocycles. The first-order valence-corrected chi connectivity index (χ1v) is 3.43. The summed E-state index contributed by atoms with van der Waals surface area (Å²) < 4.78 is 0. The molecule has 1 aliphatic rings. The fourth-order valence-electron chi connectivity index (χ4n) is 1.17. The van der Waals surface area contributed by atoms with Crippen LogP contribution in [-0.4, -0.2) is 31.0 Å². The number of hydrogen-bond acceptors (Lipinski definition) is 3. The monoisotopic (exact) mass is 130 g/mol. The van der Waals surface area contributed by atoms with E-state index < -0.39 is 0 Å². The molecule has 1 heterocycles. The summed E-state index contributed by atoms with van der Waals surface area (Å²) in [4.78, 5) is 0. The predicted octanol–water partition coefficient (Wildman–Crippen LogP) is -0.724. The average Bonchev–Trinajstić information content (AvgIpc) is 1.89. The minimum absolute atomic E-state index is 0.249. The van der Waals surface area contributed by atoms with E-state index in [0.29, 0.717) is 0 Å². The molecule has 0 aromatic carbocycles. The van der Waals surface area contributed by atoms with E-state index in [1.165, 1.54) is 0 Å². The first kappa shape index (κ1) is 6.99. The number of rotatable bonds is 1. The molecule has 0 saturated carbocycles. The van der Waals surface area contributed by atoms with Gasteiger partial charge in [-0.05, 0) is 26.4 Å².